The molecule has 33 heavy (non-hydrogen) atoms. The molecule has 0 radical (unpaired) electrons. The number of amides is 2. The van der Waals surface area contributed by atoms with Gasteiger partial charge < -0.3 is 29.1 Å². The lowest BCUT2D eigenvalue weighted by atomic mass is 9.78. The lowest BCUT2D eigenvalue weighted by molar-refractivity contribution is -0.139. The molecule has 9 nitrogen and oxygen atoms in total. The molecule has 2 atom stereocenters. The second kappa shape index (κ2) is 10.4. The number of fused-ring (bicyclic) bond motifs is 1. The van der Waals surface area contributed by atoms with Gasteiger partial charge in [-0.15, -0.1) is 0 Å². The van der Waals surface area contributed by atoms with E-state index in [4.69, 9.17) is 19.2 Å². The van der Waals surface area contributed by atoms with Crippen LogP contribution in [0.5, 0.6) is 11.5 Å². The van der Waals surface area contributed by atoms with Gasteiger partial charge >= 0.3 is 12.0 Å². The topological polar surface area (TPSA) is 101 Å². The number of aliphatic imine (C=N–C) groups is 1. The van der Waals surface area contributed by atoms with Gasteiger partial charge in [0.05, 0.1) is 27.4 Å². The molecule has 0 spiro atoms. The van der Waals surface area contributed by atoms with E-state index in [1.54, 1.807) is 14.2 Å². The van der Waals surface area contributed by atoms with E-state index in [1.165, 1.54) is 0 Å². The van der Waals surface area contributed by atoms with E-state index in [-0.39, 0.29) is 24.3 Å². The van der Waals surface area contributed by atoms with Crippen LogP contribution < -0.4 is 9.47 Å². The smallest absolute Gasteiger partial charge is 0.320 e. The summed E-state index contributed by atoms with van der Waals surface area (Å²) in [5.74, 6) is 0.583. The van der Waals surface area contributed by atoms with Crippen LogP contribution in [0.2, 0.25) is 0 Å². The summed E-state index contributed by atoms with van der Waals surface area (Å²) in [5.41, 5.74) is 3.15. The largest absolute Gasteiger partial charge is 0.493 e. The SMILES string of the molecule is COc1cc2c(cc1OC)C(C[C@H]1CN(C(=O)N3CCOCC3)CC[C@H]1CC(=O)O)=NCC2. The molecule has 3 heterocycles. The molecule has 180 valence electrons. The molecule has 0 aliphatic carbocycles. The number of methoxy groups -OCH3 is 2. The minimum atomic E-state index is -0.796. The molecule has 3 aliphatic rings. The maximum Gasteiger partial charge on any atom is 0.320 e. The summed E-state index contributed by atoms with van der Waals surface area (Å²) >= 11 is 0. The van der Waals surface area contributed by atoms with Crippen molar-refractivity contribution in [1.29, 1.82) is 0 Å². The van der Waals surface area contributed by atoms with Crippen LogP contribution in [-0.4, -0.2) is 92.8 Å². The summed E-state index contributed by atoms with van der Waals surface area (Å²) in [6.45, 7) is 4.12. The number of piperidine rings is 1. The number of urea groups is 1. The molecule has 0 aromatic heterocycles. The van der Waals surface area contributed by atoms with Gasteiger partial charge in [0.15, 0.2) is 11.5 Å². The monoisotopic (exact) mass is 459 g/mol. The number of likely N-dealkylation sites (tertiary alicyclic amines) is 1. The Morgan fingerprint density at radius 1 is 1.09 bits per heavy atom. The predicted octanol–water partition coefficient (Wildman–Crippen LogP) is 2.30. The van der Waals surface area contributed by atoms with Gasteiger partial charge in [-0.05, 0) is 48.8 Å². The number of rotatable bonds is 6. The van der Waals surface area contributed by atoms with Crippen LogP contribution in [0.4, 0.5) is 4.79 Å². The lowest BCUT2D eigenvalue weighted by Gasteiger charge is -2.41. The van der Waals surface area contributed by atoms with Crippen LogP contribution in [0.25, 0.3) is 0 Å². The molecule has 0 bridgehead atoms. The molecular formula is C24H33N3O6. The van der Waals surface area contributed by atoms with E-state index < -0.39 is 5.97 Å². The normalized spacial score (nSPS) is 22.9. The van der Waals surface area contributed by atoms with Crippen LogP contribution in [0.15, 0.2) is 17.1 Å². The second-order valence-corrected chi connectivity index (χ2v) is 8.88. The molecule has 2 amide bonds. The number of benzene rings is 1. The average molecular weight is 460 g/mol. The average Bonchev–Trinajstić information content (AvgIpc) is 2.84. The van der Waals surface area contributed by atoms with Gasteiger partial charge in [0.25, 0.3) is 0 Å². The maximum absolute atomic E-state index is 13.1. The summed E-state index contributed by atoms with van der Waals surface area (Å²) in [6, 6.07) is 4.00. The lowest BCUT2D eigenvalue weighted by Crippen LogP contribution is -2.52. The summed E-state index contributed by atoms with van der Waals surface area (Å²) < 4.78 is 16.3. The van der Waals surface area contributed by atoms with Crippen molar-refractivity contribution >= 4 is 17.7 Å². The number of ether oxygens (including phenoxy) is 3. The second-order valence-electron chi connectivity index (χ2n) is 8.88. The summed E-state index contributed by atoms with van der Waals surface area (Å²) in [7, 11) is 3.24. The van der Waals surface area contributed by atoms with Crippen molar-refractivity contribution in [2.24, 2.45) is 16.8 Å². The number of carbonyl (C=O) groups is 2. The van der Waals surface area contributed by atoms with Crippen LogP contribution in [-0.2, 0) is 16.0 Å². The summed E-state index contributed by atoms with van der Waals surface area (Å²) in [4.78, 5) is 33.2. The van der Waals surface area contributed by atoms with E-state index in [9.17, 15) is 14.7 Å². The van der Waals surface area contributed by atoms with Gasteiger partial charge in [-0.2, -0.15) is 0 Å². The van der Waals surface area contributed by atoms with E-state index in [2.05, 4.69) is 0 Å². The Morgan fingerprint density at radius 3 is 2.52 bits per heavy atom. The molecule has 0 saturated carbocycles. The highest BCUT2D eigenvalue weighted by Gasteiger charge is 2.36. The molecule has 1 aromatic rings. The van der Waals surface area contributed by atoms with Gasteiger partial charge in [-0.1, -0.05) is 0 Å². The van der Waals surface area contributed by atoms with E-state index in [0.717, 1.165) is 23.3 Å². The fourth-order valence-corrected chi connectivity index (χ4v) is 5.15. The molecule has 4 rings (SSSR count). The number of carboxylic acid groups (broad SMARTS) is 1. The number of nitrogens with zero attached hydrogens (tertiary/aromatic N) is 3. The molecule has 2 fully saturated rings. The number of hydrogen-bond donors (Lipinski definition) is 1. The molecular weight excluding hydrogens is 426 g/mol. The predicted molar refractivity (Wildman–Crippen MR) is 122 cm³/mol. The highest BCUT2D eigenvalue weighted by atomic mass is 16.5. The fourth-order valence-electron chi connectivity index (χ4n) is 5.15. The Kier molecular flexibility index (Phi) is 7.37. The Labute approximate surface area is 194 Å². The highest BCUT2D eigenvalue weighted by molar-refractivity contribution is 6.03. The first-order chi connectivity index (χ1) is 16.0. The number of aliphatic carboxylic acids is 1. The van der Waals surface area contributed by atoms with Crippen molar-refractivity contribution in [3.8, 4) is 11.5 Å². The van der Waals surface area contributed by atoms with Gasteiger partial charge in [0.1, 0.15) is 0 Å². The van der Waals surface area contributed by atoms with Crippen molar-refractivity contribution in [1.82, 2.24) is 9.80 Å². The van der Waals surface area contributed by atoms with Crippen LogP contribution in [0.1, 0.15) is 30.4 Å². The third-order valence-corrected chi connectivity index (χ3v) is 6.94. The summed E-state index contributed by atoms with van der Waals surface area (Å²) in [5, 5.41) is 9.49. The molecule has 1 N–H and O–H groups in total. The zero-order chi connectivity index (χ0) is 23.4. The molecule has 0 unspecified atom stereocenters. The van der Waals surface area contributed by atoms with E-state index in [0.29, 0.717) is 70.3 Å². The molecule has 2 saturated heterocycles. The van der Waals surface area contributed by atoms with Gasteiger partial charge in [-0.3, -0.25) is 9.79 Å². The van der Waals surface area contributed by atoms with E-state index in [1.807, 2.05) is 21.9 Å². The zero-order valence-electron chi connectivity index (χ0n) is 19.4. The Balaban J connectivity index is 1.55. The first-order valence-corrected chi connectivity index (χ1v) is 11.6. The van der Waals surface area contributed by atoms with Crippen molar-refractivity contribution in [3.63, 3.8) is 0 Å². The van der Waals surface area contributed by atoms with Crippen molar-refractivity contribution in [2.75, 3.05) is 60.2 Å². The zero-order valence-corrected chi connectivity index (χ0v) is 19.4. The van der Waals surface area contributed by atoms with Gasteiger partial charge in [0, 0.05) is 50.4 Å². The maximum atomic E-state index is 13.1. The third kappa shape index (κ3) is 5.24. The molecule has 1 aromatic carbocycles. The number of carboxylic acids is 1. The van der Waals surface area contributed by atoms with Crippen molar-refractivity contribution in [2.45, 2.75) is 25.7 Å². The van der Waals surface area contributed by atoms with Crippen LogP contribution in [0.3, 0.4) is 0 Å². The third-order valence-electron chi connectivity index (χ3n) is 6.94. The minimum absolute atomic E-state index is 0.00413. The standard InChI is InChI=1S/C24H33N3O6/c1-31-21-12-17-3-5-25-20(19(17)14-22(21)32-2)11-18-15-27(6-4-16(18)13-23(28)29)24(30)26-7-9-33-10-8-26/h12,14,16,18H,3-11,13,15H2,1-2H3,(H,28,29)/t16-,18-/m0/s1. The summed E-state index contributed by atoms with van der Waals surface area (Å²) in [6.07, 6.45) is 2.24. The van der Waals surface area contributed by atoms with Gasteiger partial charge in [0.2, 0.25) is 0 Å². The first-order valence-electron chi connectivity index (χ1n) is 11.6. The Hall–Kier alpha value is -2.81. The first kappa shape index (κ1) is 23.4. The fraction of sp³-hybridized carbons (Fsp3) is 0.625. The Morgan fingerprint density at radius 2 is 1.82 bits per heavy atom. The Bertz CT molecular complexity index is 912. The van der Waals surface area contributed by atoms with Crippen LogP contribution >= 0.6 is 0 Å². The number of carbonyl (C=O) groups excluding carboxylic acids is 1. The number of hydrogen-bond acceptors (Lipinski definition) is 6. The van der Waals surface area contributed by atoms with E-state index >= 15 is 0 Å². The highest BCUT2D eigenvalue weighted by Crippen LogP contribution is 2.36. The quantitative estimate of drug-likeness (QED) is 0.701. The molecule has 9 heteroatoms. The van der Waals surface area contributed by atoms with Crippen molar-refractivity contribution < 1.29 is 28.9 Å². The number of morpholine rings is 1. The van der Waals surface area contributed by atoms with Crippen LogP contribution in [0, 0.1) is 11.8 Å². The minimum Gasteiger partial charge on any atom is -0.493 e. The van der Waals surface area contributed by atoms with Gasteiger partial charge in [-0.25, -0.2) is 4.79 Å². The van der Waals surface area contributed by atoms with Crippen molar-refractivity contribution in [3.05, 3.63) is 23.3 Å². The molecule has 3 aliphatic heterocycles.